The zero-order chi connectivity index (χ0) is 11.6. The summed E-state index contributed by atoms with van der Waals surface area (Å²) in [5.41, 5.74) is 0. The first-order chi connectivity index (χ1) is 7.83. The molecule has 0 radical (unpaired) electrons. The standard InChI is InChI=1S/C14H28N2/c1-3-4-7-12-16(2)13-8-5-6-11-15-14-9-10-14/h3,14-15H,1,4-13H2,2H3. The van der Waals surface area contributed by atoms with E-state index in [2.05, 4.69) is 23.8 Å². The van der Waals surface area contributed by atoms with Crippen molar-refractivity contribution >= 4 is 0 Å². The maximum Gasteiger partial charge on any atom is 0.00682 e. The van der Waals surface area contributed by atoms with E-state index in [9.17, 15) is 0 Å². The Bertz CT molecular complexity index is 176. The van der Waals surface area contributed by atoms with Crippen LogP contribution >= 0.6 is 0 Å². The van der Waals surface area contributed by atoms with Gasteiger partial charge in [-0.25, -0.2) is 0 Å². The molecule has 0 aromatic rings. The van der Waals surface area contributed by atoms with E-state index in [4.69, 9.17) is 0 Å². The number of nitrogens with one attached hydrogen (secondary N) is 1. The summed E-state index contributed by atoms with van der Waals surface area (Å²) in [5, 5.41) is 3.56. The van der Waals surface area contributed by atoms with Crippen molar-refractivity contribution in [2.24, 2.45) is 0 Å². The quantitative estimate of drug-likeness (QED) is 0.429. The maximum absolute atomic E-state index is 3.75. The molecule has 94 valence electrons. The fourth-order valence-corrected chi connectivity index (χ4v) is 1.89. The van der Waals surface area contributed by atoms with Gasteiger partial charge in [-0.2, -0.15) is 0 Å². The highest BCUT2D eigenvalue weighted by Gasteiger charge is 2.19. The molecule has 1 aliphatic rings. The number of allylic oxidation sites excluding steroid dienone is 1. The average Bonchev–Trinajstić information content (AvgIpc) is 3.07. The highest BCUT2D eigenvalue weighted by molar-refractivity contribution is 4.80. The summed E-state index contributed by atoms with van der Waals surface area (Å²) < 4.78 is 0. The molecule has 0 amide bonds. The molecule has 2 nitrogen and oxygen atoms in total. The number of hydrogen-bond donors (Lipinski definition) is 1. The second kappa shape index (κ2) is 8.77. The summed E-state index contributed by atoms with van der Waals surface area (Å²) in [5.74, 6) is 0. The summed E-state index contributed by atoms with van der Waals surface area (Å²) in [7, 11) is 2.23. The third kappa shape index (κ3) is 7.89. The first kappa shape index (κ1) is 13.7. The molecular weight excluding hydrogens is 196 g/mol. The van der Waals surface area contributed by atoms with Crippen LogP contribution in [0.4, 0.5) is 0 Å². The lowest BCUT2D eigenvalue weighted by Gasteiger charge is -2.15. The van der Waals surface area contributed by atoms with Gasteiger partial charge in [-0.1, -0.05) is 12.5 Å². The molecule has 1 fully saturated rings. The van der Waals surface area contributed by atoms with Crippen LogP contribution in [0.2, 0.25) is 0 Å². The number of hydrogen-bond acceptors (Lipinski definition) is 2. The van der Waals surface area contributed by atoms with Crippen LogP contribution in [0, 0.1) is 0 Å². The van der Waals surface area contributed by atoms with Crippen LogP contribution in [0.5, 0.6) is 0 Å². The lowest BCUT2D eigenvalue weighted by atomic mass is 10.2. The van der Waals surface area contributed by atoms with Gasteiger partial charge in [0.15, 0.2) is 0 Å². The molecule has 16 heavy (non-hydrogen) atoms. The molecule has 0 saturated heterocycles. The van der Waals surface area contributed by atoms with Crippen LogP contribution in [-0.4, -0.2) is 37.6 Å². The van der Waals surface area contributed by atoms with Crippen LogP contribution < -0.4 is 5.32 Å². The van der Waals surface area contributed by atoms with E-state index in [0.29, 0.717) is 0 Å². The average molecular weight is 224 g/mol. The lowest BCUT2D eigenvalue weighted by Crippen LogP contribution is -2.21. The molecule has 0 spiro atoms. The number of unbranched alkanes of at least 4 members (excludes halogenated alkanes) is 3. The fourth-order valence-electron chi connectivity index (χ4n) is 1.89. The smallest absolute Gasteiger partial charge is 0.00682 e. The van der Waals surface area contributed by atoms with Crippen molar-refractivity contribution in [3.05, 3.63) is 12.7 Å². The largest absolute Gasteiger partial charge is 0.314 e. The second-order valence-corrected chi connectivity index (χ2v) is 5.02. The van der Waals surface area contributed by atoms with E-state index in [-0.39, 0.29) is 0 Å². The number of nitrogens with zero attached hydrogens (tertiary/aromatic N) is 1. The van der Waals surface area contributed by atoms with E-state index in [1.807, 2.05) is 6.08 Å². The SMILES string of the molecule is C=CCCCN(C)CCCCCNC1CC1. The lowest BCUT2D eigenvalue weighted by molar-refractivity contribution is 0.320. The molecule has 1 saturated carbocycles. The Kier molecular flexibility index (Phi) is 7.52. The van der Waals surface area contributed by atoms with Gasteiger partial charge in [0.1, 0.15) is 0 Å². The van der Waals surface area contributed by atoms with Crippen LogP contribution in [0.3, 0.4) is 0 Å². The zero-order valence-electron chi connectivity index (χ0n) is 10.9. The van der Waals surface area contributed by atoms with E-state index in [1.54, 1.807) is 0 Å². The van der Waals surface area contributed by atoms with Gasteiger partial charge < -0.3 is 10.2 Å². The van der Waals surface area contributed by atoms with Gasteiger partial charge in [-0.05, 0) is 65.2 Å². The molecule has 0 aliphatic heterocycles. The van der Waals surface area contributed by atoms with Crippen LogP contribution in [-0.2, 0) is 0 Å². The molecule has 0 heterocycles. The second-order valence-electron chi connectivity index (χ2n) is 5.02. The van der Waals surface area contributed by atoms with Crippen molar-refractivity contribution < 1.29 is 0 Å². The van der Waals surface area contributed by atoms with Gasteiger partial charge in [0, 0.05) is 6.04 Å². The summed E-state index contributed by atoms with van der Waals surface area (Å²) in [6.07, 6.45) is 11.3. The monoisotopic (exact) mass is 224 g/mol. The Hall–Kier alpha value is -0.340. The van der Waals surface area contributed by atoms with Crippen molar-refractivity contribution in [3.63, 3.8) is 0 Å². The highest BCUT2D eigenvalue weighted by Crippen LogP contribution is 2.18. The first-order valence-electron chi connectivity index (χ1n) is 6.85. The van der Waals surface area contributed by atoms with E-state index in [0.717, 1.165) is 12.5 Å². The molecule has 0 aromatic carbocycles. The van der Waals surface area contributed by atoms with E-state index in [1.165, 1.54) is 58.2 Å². The van der Waals surface area contributed by atoms with Gasteiger partial charge in [-0.15, -0.1) is 6.58 Å². The normalized spacial score (nSPS) is 15.6. The Morgan fingerprint density at radius 1 is 1.19 bits per heavy atom. The summed E-state index contributed by atoms with van der Waals surface area (Å²) in [4.78, 5) is 2.44. The van der Waals surface area contributed by atoms with Crippen molar-refractivity contribution in [1.29, 1.82) is 0 Å². The minimum Gasteiger partial charge on any atom is -0.314 e. The highest BCUT2D eigenvalue weighted by atomic mass is 15.1. The van der Waals surface area contributed by atoms with Crippen molar-refractivity contribution in [3.8, 4) is 0 Å². The molecule has 0 aromatic heterocycles. The zero-order valence-corrected chi connectivity index (χ0v) is 10.9. The predicted octanol–water partition coefficient (Wildman–Crippen LogP) is 2.81. The molecule has 0 bridgehead atoms. The molecule has 1 rings (SSSR count). The maximum atomic E-state index is 3.75. The van der Waals surface area contributed by atoms with Crippen molar-refractivity contribution in [1.82, 2.24) is 10.2 Å². The van der Waals surface area contributed by atoms with Gasteiger partial charge in [0.2, 0.25) is 0 Å². The van der Waals surface area contributed by atoms with Crippen molar-refractivity contribution in [2.75, 3.05) is 26.7 Å². The summed E-state index contributed by atoms with van der Waals surface area (Å²) in [6, 6.07) is 0.876. The van der Waals surface area contributed by atoms with Gasteiger partial charge >= 0.3 is 0 Å². The molecule has 0 atom stereocenters. The Labute approximate surface area is 101 Å². The predicted molar refractivity (Wildman–Crippen MR) is 71.8 cm³/mol. The summed E-state index contributed by atoms with van der Waals surface area (Å²) in [6.45, 7) is 7.44. The Morgan fingerprint density at radius 2 is 1.94 bits per heavy atom. The summed E-state index contributed by atoms with van der Waals surface area (Å²) >= 11 is 0. The third-order valence-electron chi connectivity index (χ3n) is 3.18. The van der Waals surface area contributed by atoms with Gasteiger partial charge in [0.25, 0.3) is 0 Å². The Morgan fingerprint density at radius 3 is 2.62 bits per heavy atom. The third-order valence-corrected chi connectivity index (χ3v) is 3.18. The first-order valence-corrected chi connectivity index (χ1v) is 6.85. The van der Waals surface area contributed by atoms with Gasteiger partial charge in [0.05, 0.1) is 0 Å². The Balaban J connectivity index is 1.76. The minimum atomic E-state index is 0.876. The molecule has 2 heteroatoms. The van der Waals surface area contributed by atoms with E-state index >= 15 is 0 Å². The van der Waals surface area contributed by atoms with Crippen LogP contribution in [0.25, 0.3) is 0 Å². The van der Waals surface area contributed by atoms with Crippen LogP contribution in [0.1, 0.15) is 44.9 Å². The molecular formula is C14H28N2. The van der Waals surface area contributed by atoms with E-state index < -0.39 is 0 Å². The molecule has 1 N–H and O–H groups in total. The van der Waals surface area contributed by atoms with Gasteiger partial charge in [-0.3, -0.25) is 0 Å². The van der Waals surface area contributed by atoms with Crippen molar-refractivity contribution in [2.45, 2.75) is 51.0 Å². The fraction of sp³-hybridized carbons (Fsp3) is 0.857. The minimum absolute atomic E-state index is 0.876. The molecule has 1 aliphatic carbocycles. The number of rotatable bonds is 11. The topological polar surface area (TPSA) is 15.3 Å². The molecule has 0 unspecified atom stereocenters. The van der Waals surface area contributed by atoms with Crippen LogP contribution in [0.15, 0.2) is 12.7 Å².